The highest BCUT2D eigenvalue weighted by atomic mass is 32.2. The maximum absolute atomic E-state index is 12.1. The summed E-state index contributed by atoms with van der Waals surface area (Å²) in [6, 6.07) is 8.72. The van der Waals surface area contributed by atoms with E-state index in [9.17, 15) is 18.0 Å². The fraction of sp³-hybridized carbons (Fsp3) is 0.267. The molecule has 2 rings (SSSR count). The minimum Gasteiger partial charge on any atom is -0.464 e. The summed E-state index contributed by atoms with van der Waals surface area (Å²) in [5, 5.41) is 5.86. The van der Waals surface area contributed by atoms with Gasteiger partial charge in [-0.2, -0.15) is 5.10 Å². The fourth-order valence-electron chi connectivity index (χ4n) is 2.24. The minimum absolute atomic E-state index is 0.0423. The Balaban J connectivity index is 2.53. The molecule has 0 fully saturated rings. The molecule has 0 bridgehead atoms. The van der Waals surface area contributed by atoms with E-state index in [1.807, 2.05) is 0 Å². The lowest BCUT2D eigenvalue weighted by molar-refractivity contribution is -0.132. The lowest BCUT2D eigenvalue weighted by Gasteiger charge is -2.35. The van der Waals surface area contributed by atoms with Crippen molar-refractivity contribution in [3.63, 3.8) is 0 Å². The van der Waals surface area contributed by atoms with Crippen LogP contribution in [0.4, 0.5) is 0 Å². The Morgan fingerprint density at radius 2 is 2.04 bits per heavy atom. The third-order valence-corrected chi connectivity index (χ3v) is 5.73. The van der Waals surface area contributed by atoms with E-state index in [0.29, 0.717) is 5.56 Å². The van der Waals surface area contributed by atoms with Crippen LogP contribution in [0.25, 0.3) is 0 Å². The molecule has 0 saturated heterocycles. The first-order valence-corrected chi connectivity index (χ1v) is 9.46. The van der Waals surface area contributed by atoms with Crippen molar-refractivity contribution < 1.29 is 22.7 Å². The Kier molecular flexibility index (Phi) is 5.65. The number of hydrogen-bond donors (Lipinski definition) is 1. The van der Waals surface area contributed by atoms with E-state index < -0.39 is 26.8 Å². The molecule has 10 heteroatoms. The molecule has 1 heterocycles. The van der Waals surface area contributed by atoms with Gasteiger partial charge in [0.2, 0.25) is 21.0 Å². The summed E-state index contributed by atoms with van der Waals surface area (Å²) in [7, 11) is -2.55. The number of hydrogen-bond acceptors (Lipinski definition) is 7. The molecule has 1 aliphatic heterocycles. The Hall–Kier alpha value is -2.17. The number of hydrazone groups is 1. The van der Waals surface area contributed by atoms with Crippen molar-refractivity contribution in [3.8, 4) is 0 Å². The van der Waals surface area contributed by atoms with Crippen molar-refractivity contribution in [1.82, 2.24) is 9.73 Å². The number of methoxy groups -OCH3 is 1. The summed E-state index contributed by atoms with van der Waals surface area (Å²) in [5.41, 5.74) is 0.601. The quantitative estimate of drug-likeness (QED) is 0.735. The van der Waals surface area contributed by atoms with Crippen LogP contribution in [0.15, 0.2) is 47.4 Å². The maximum atomic E-state index is 12.1. The molecule has 1 aliphatic rings. The first-order valence-electron chi connectivity index (χ1n) is 7.10. The highest BCUT2D eigenvalue weighted by Crippen LogP contribution is 2.45. The van der Waals surface area contributed by atoms with E-state index in [2.05, 4.69) is 21.1 Å². The van der Waals surface area contributed by atoms with Gasteiger partial charge in [-0.15, -0.1) is 0 Å². The number of ether oxygens (including phenoxy) is 1. The zero-order chi connectivity index (χ0) is 18.7. The van der Waals surface area contributed by atoms with Crippen molar-refractivity contribution in [2.45, 2.75) is 11.8 Å². The average Bonchev–Trinajstić information content (AvgIpc) is 3.01. The number of esters is 1. The molecule has 1 amide bonds. The number of benzene rings is 1. The van der Waals surface area contributed by atoms with Crippen LogP contribution in [-0.2, 0) is 29.2 Å². The SMILES string of the molecule is C=CS(=O)(=O)NCC1(c2ccccc2)SC(C(=O)OC)=NN1C(C)=O. The highest BCUT2D eigenvalue weighted by molar-refractivity contribution is 8.16. The van der Waals surface area contributed by atoms with Gasteiger partial charge in [-0.25, -0.2) is 22.9 Å². The van der Waals surface area contributed by atoms with Crippen LogP contribution >= 0.6 is 11.8 Å². The Bertz CT molecular complexity index is 823. The van der Waals surface area contributed by atoms with Crippen molar-refractivity contribution in [1.29, 1.82) is 0 Å². The molecule has 0 spiro atoms. The molecule has 8 nitrogen and oxygen atoms in total. The zero-order valence-electron chi connectivity index (χ0n) is 13.6. The van der Waals surface area contributed by atoms with Gasteiger partial charge >= 0.3 is 5.97 Å². The number of sulfonamides is 1. The summed E-state index contributed by atoms with van der Waals surface area (Å²) in [5.74, 6) is -1.16. The molecule has 1 atom stereocenters. The summed E-state index contributed by atoms with van der Waals surface area (Å²) in [6.45, 7) is 4.32. The molecule has 134 valence electrons. The number of amides is 1. The van der Waals surface area contributed by atoms with Gasteiger partial charge in [0.1, 0.15) is 0 Å². The Morgan fingerprint density at radius 1 is 1.40 bits per heavy atom. The smallest absolute Gasteiger partial charge is 0.365 e. The van der Waals surface area contributed by atoms with Gasteiger partial charge in [-0.3, -0.25) is 4.79 Å². The molecule has 0 aromatic heterocycles. The number of carbonyl (C=O) groups excluding carboxylic acids is 2. The van der Waals surface area contributed by atoms with Crippen LogP contribution in [0.2, 0.25) is 0 Å². The first kappa shape index (κ1) is 19.2. The first-order chi connectivity index (χ1) is 11.8. The van der Waals surface area contributed by atoms with Crippen LogP contribution in [0.3, 0.4) is 0 Å². The third kappa shape index (κ3) is 3.91. The van der Waals surface area contributed by atoms with Crippen LogP contribution < -0.4 is 4.72 Å². The van der Waals surface area contributed by atoms with Crippen LogP contribution in [0, 0.1) is 0 Å². The van der Waals surface area contributed by atoms with Crippen LogP contribution in [0.5, 0.6) is 0 Å². The van der Waals surface area contributed by atoms with Crippen molar-refractivity contribution in [2.24, 2.45) is 5.10 Å². The normalized spacial score (nSPS) is 20.1. The van der Waals surface area contributed by atoms with Gasteiger partial charge in [0, 0.05) is 12.3 Å². The van der Waals surface area contributed by atoms with E-state index in [1.54, 1.807) is 30.3 Å². The van der Waals surface area contributed by atoms with Crippen LogP contribution in [-0.4, -0.2) is 44.0 Å². The second-order valence-corrected chi connectivity index (χ2v) is 7.99. The monoisotopic (exact) mass is 383 g/mol. The summed E-state index contributed by atoms with van der Waals surface area (Å²) >= 11 is 0.951. The van der Waals surface area contributed by atoms with E-state index in [0.717, 1.165) is 22.2 Å². The fourth-order valence-corrected chi connectivity index (χ4v) is 4.12. The molecule has 0 radical (unpaired) electrons. The van der Waals surface area contributed by atoms with Crippen LogP contribution in [0.1, 0.15) is 12.5 Å². The summed E-state index contributed by atoms with van der Waals surface area (Å²) in [4.78, 5) is 22.8. The predicted octanol–water partition coefficient (Wildman–Crippen LogP) is 0.984. The van der Waals surface area contributed by atoms with Gasteiger partial charge in [-0.1, -0.05) is 48.7 Å². The van der Waals surface area contributed by atoms with Gasteiger partial charge in [0.25, 0.3) is 0 Å². The van der Waals surface area contributed by atoms with Gasteiger partial charge in [0.15, 0.2) is 4.87 Å². The summed E-state index contributed by atoms with van der Waals surface area (Å²) in [6.07, 6.45) is 0. The molecule has 1 unspecified atom stereocenters. The van der Waals surface area contributed by atoms with Crippen molar-refractivity contribution in [2.75, 3.05) is 13.7 Å². The predicted molar refractivity (Wildman–Crippen MR) is 94.8 cm³/mol. The van der Waals surface area contributed by atoms with E-state index in [-0.39, 0.29) is 11.6 Å². The number of thioether (sulfide) groups is 1. The second-order valence-electron chi connectivity index (χ2n) is 5.01. The molecule has 0 saturated carbocycles. The van der Waals surface area contributed by atoms with E-state index >= 15 is 0 Å². The maximum Gasteiger partial charge on any atom is 0.365 e. The third-order valence-electron chi connectivity index (χ3n) is 3.41. The summed E-state index contributed by atoms with van der Waals surface area (Å²) < 4.78 is 30.7. The lowest BCUT2D eigenvalue weighted by atomic mass is 10.1. The molecule has 0 aliphatic carbocycles. The standard InChI is InChI=1S/C15H17N3O5S2/c1-4-25(21,22)16-10-15(12-8-6-5-7-9-12)18(11(2)19)17-13(24-15)14(20)23-3/h4-9,16H,1,10H2,2-3H3. The number of nitrogens with one attached hydrogen (secondary N) is 1. The van der Waals surface area contributed by atoms with E-state index in [1.165, 1.54) is 14.0 Å². The largest absolute Gasteiger partial charge is 0.464 e. The molecule has 1 N–H and O–H groups in total. The Labute approximate surface area is 150 Å². The van der Waals surface area contributed by atoms with Crippen molar-refractivity contribution >= 4 is 38.7 Å². The topological polar surface area (TPSA) is 105 Å². The molecule has 25 heavy (non-hydrogen) atoms. The minimum atomic E-state index is -3.75. The number of nitrogens with zero attached hydrogens (tertiary/aromatic N) is 2. The van der Waals surface area contributed by atoms with Crippen molar-refractivity contribution in [3.05, 3.63) is 47.9 Å². The number of carbonyl (C=O) groups is 2. The molecule has 1 aromatic rings. The second kappa shape index (κ2) is 7.38. The lowest BCUT2D eigenvalue weighted by Crippen LogP contribution is -2.48. The zero-order valence-corrected chi connectivity index (χ0v) is 15.3. The molecular formula is C15H17N3O5S2. The van der Waals surface area contributed by atoms with E-state index in [4.69, 9.17) is 0 Å². The number of rotatable bonds is 6. The highest BCUT2D eigenvalue weighted by Gasteiger charge is 2.49. The van der Waals surface area contributed by atoms with Gasteiger partial charge < -0.3 is 4.74 Å². The van der Waals surface area contributed by atoms with Gasteiger partial charge in [0.05, 0.1) is 13.7 Å². The Morgan fingerprint density at radius 3 is 2.56 bits per heavy atom. The molecular weight excluding hydrogens is 366 g/mol. The molecule has 1 aromatic carbocycles. The average molecular weight is 383 g/mol. The van der Waals surface area contributed by atoms with Gasteiger partial charge in [-0.05, 0) is 5.56 Å².